The lowest BCUT2D eigenvalue weighted by Crippen LogP contribution is -2.28. The van der Waals surface area contributed by atoms with Gasteiger partial charge in [0.1, 0.15) is 11.6 Å². The minimum Gasteiger partial charge on any atom is -0.391 e. The number of aliphatic hydroxyl groups is 1. The van der Waals surface area contributed by atoms with Crippen molar-refractivity contribution in [3.63, 3.8) is 0 Å². The minimum atomic E-state index is -1.07. The third-order valence-corrected chi connectivity index (χ3v) is 2.86. The first-order valence-corrected chi connectivity index (χ1v) is 5.93. The molecule has 0 fully saturated rings. The van der Waals surface area contributed by atoms with Crippen molar-refractivity contribution in [1.29, 1.82) is 0 Å². The summed E-state index contributed by atoms with van der Waals surface area (Å²) in [6.07, 6.45) is 1.10. The zero-order valence-electron chi connectivity index (χ0n) is 9.59. The molecule has 2 atom stereocenters. The molecule has 0 heterocycles. The maximum Gasteiger partial charge on any atom is 0.132 e. The smallest absolute Gasteiger partial charge is 0.132 e. The molecule has 1 aromatic rings. The van der Waals surface area contributed by atoms with Crippen molar-refractivity contribution in [2.75, 3.05) is 0 Å². The molecule has 1 aromatic carbocycles. The van der Waals surface area contributed by atoms with Crippen LogP contribution in [0.25, 0.3) is 0 Å². The molecule has 96 valence electrons. The summed E-state index contributed by atoms with van der Waals surface area (Å²) in [6.45, 7) is 1.96. The van der Waals surface area contributed by atoms with Crippen LogP contribution in [-0.4, -0.2) is 11.2 Å². The van der Waals surface area contributed by atoms with Crippen molar-refractivity contribution in [1.82, 2.24) is 0 Å². The van der Waals surface area contributed by atoms with Gasteiger partial charge in [-0.25, -0.2) is 8.78 Å². The summed E-state index contributed by atoms with van der Waals surface area (Å²) in [6, 6.07) is 0.914. The van der Waals surface area contributed by atoms with E-state index in [1.54, 1.807) is 0 Å². The number of aliphatic hydroxyl groups excluding tert-OH is 1. The molecule has 0 aliphatic carbocycles. The van der Waals surface area contributed by atoms with Crippen molar-refractivity contribution in [2.24, 2.45) is 5.73 Å². The summed E-state index contributed by atoms with van der Waals surface area (Å²) in [5.74, 6) is -1.64. The molecule has 2 nitrogen and oxygen atoms in total. The highest BCUT2D eigenvalue weighted by atomic mass is 35.5. The van der Waals surface area contributed by atoms with Gasteiger partial charge in [-0.3, -0.25) is 0 Å². The lowest BCUT2D eigenvalue weighted by molar-refractivity contribution is 0.129. The second kappa shape index (κ2) is 6.28. The van der Waals surface area contributed by atoms with E-state index in [1.165, 1.54) is 0 Å². The Hall–Kier alpha value is -0.710. The summed E-state index contributed by atoms with van der Waals surface area (Å²) >= 11 is 5.51. The zero-order chi connectivity index (χ0) is 13.0. The monoisotopic (exact) mass is 263 g/mol. The largest absolute Gasteiger partial charge is 0.391 e. The summed E-state index contributed by atoms with van der Waals surface area (Å²) < 4.78 is 27.1. The molecule has 3 N–H and O–H groups in total. The number of hydrogen-bond acceptors (Lipinski definition) is 2. The Labute approximate surface area is 104 Å². The van der Waals surface area contributed by atoms with Gasteiger partial charge in [-0.2, -0.15) is 0 Å². The average Bonchev–Trinajstić information content (AvgIpc) is 2.24. The SMILES string of the molecule is CCCC[C@H](O)[C@H](N)c1c(F)cc(Cl)cc1F. The Kier molecular flexibility index (Phi) is 5.31. The number of halogens is 3. The van der Waals surface area contributed by atoms with Gasteiger partial charge in [0.25, 0.3) is 0 Å². The van der Waals surface area contributed by atoms with Gasteiger partial charge in [0.05, 0.1) is 12.1 Å². The molecule has 0 amide bonds. The molecule has 0 bridgehead atoms. The number of benzene rings is 1. The second-order valence-corrected chi connectivity index (χ2v) is 4.45. The molecule has 0 radical (unpaired) electrons. The predicted octanol–water partition coefficient (Wildman–Crippen LogP) is 3.17. The van der Waals surface area contributed by atoms with Crippen LogP contribution in [0.4, 0.5) is 8.78 Å². The van der Waals surface area contributed by atoms with Crippen molar-refractivity contribution in [3.8, 4) is 0 Å². The van der Waals surface area contributed by atoms with Crippen LogP contribution in [0.15, 0.2) is 12.1 Å². The summed E-state index contributed by atoms with van der Waals surface area (Å²) in [7, 11) is 0. The predicted molar refractivity (Wildman–Crippen MR) is 63.8 cm³/mol. The van der Waals surface area contributed by atoms with Crippen LogP contribution in [0, 0.1) is 11.6 Å². The van der Waals surface area contributed by atoms with E-state index in [9.17, 15) is 13.9 Å². The lowest BCUT2D eigenvalue weighted by Gasteiger charge is -2.20. The fraction of sp³-hybridized carbons (Fsp3) is 0.500. The molecule has 1 rings (SSSR count). The zero-order valence-corrected chi connectivity index (χ0v) is 10.3. The topological polar surface area (TPSA) is 46.2 Å². The molecule has 17 heavy (non-hydrogen) atoms. The molecule has 0 aromatic heterocycles. The highest BCUT2D eigenvalue weighted by Crippen LogP contribution is 2.26. The van der Waals surface area contributed by atoms with Crippen LogP contribution >= 0.6 is 11.6 Å². The second-order valence-electron chi connectivity index (χ2n) is 4.02. The van der Waals surface area contributed by atoms with E-state index < -0.39 is 23.8 Å². The van der Waals surface area contributed by atoms with E-state index in [-0.39, 0.29) is 10.6 Å². The molecule has 0 saturated heterocycles. The Morgan fingerprint density at radius 3 is 2.35 bits per heavy atom. The molecule has 0 saturated carbocycles. The summed E-state index contributed by atoms with van der Waals surface area (Å²) in [4.78, 5) is 0. The number of rotatable bonds is 5. The Morgan fingerprint density at radius 2 is 1.88 bits per heavy atom. The highest BCUT2D eigenvalue weighted by Gasteiger charge is 2.23. The first-order valence-electron chi connectivity index (χ1n) is 5.55. The van der Waals surface area contributed by atoms with Crippen molar-refractivity contribution < 1.29 is 13.9 Å². The fourth-order valence-corrected chi connectivity index (χ4v) is 1.85. The molecular weight excluding hydrogens is 248 g/mol. The van der Waals surface area contributed by atoms with E-state index in [0.29, 0.717) is 6.42 Å². The third-order valence-electron chi connectivity index (χ3n) is 2.65. The van der Waals surface area contributed by atoms with Gasteiger partial charge >= 0.3 is 0 Å². The van der Waals surface area contributed by atoms with Crippen LogP contribution in [0.5, 0.6) is 0 Å². The summed E-state index contributed by atoms with van der Waals surface area (Å²) in [5, 5.41) is 9.70. The Balaban J connectivity index is 2.91. The van der Waals surface area contributed by atoms with Crippen molar-refractivity contribution in [2.45, 2.75) is 38.3 Å². The van der Waals surface area contributed by atoms with E-state index in [2.05, 4.69) is 0 Å². The maximum absolute atomic E-state index is 13.5. The Bertz CT molecular complexity index is 364. The van der Waals surface area contributed by atoms with E-state index in [4.69, 9.17) is 17.3 Å². The van der Waals surface area contributed by atoms with E-state index >= 15 is 0 Å². The number of unbranched alkanes of at least 4 members (excludes halogenated alkanes) is 1. The van der Waals surface area contributed by atoms with E-state index in [0.717, 1.165) is 25.0 Å². The third kappa shape index (κ3) is 3.63. The number of nitrogens with two attached hydrogens (primary N) is 1. The van der Waals surface area contributed by atoms with Gasteiger partial charge in [-0.15, -0.1) is 0 Å². The summed E-state index contributed by atoms with van der Waals surface area (Å²) in [5.41, 5.74) is 5.35. The molecule has 0 spiro atoms. The van der Waals surface area contributed by atoms with Gasteiger partial charge in [0.15, 0.2) is 0 Å². The standard InChI is InChI=1S/C12H16ClF2NO/c1-2-3-4-10(17)12(16)11-8(14)5-7(13)6-9(11)15/h5-6,10,12,17H,2-4,16H2,1H3/t10-,12-/m0/s1. The highest BCUT2D eigenvalue weighted by molar-refractivity contribution is 6.30. The van der Waals surface area contributed by atoms with Gasteiger partial charge in [0, 0.05) is 10.6 Å². The Morgan fingerprint density at radius 1 is 1.35 bits per heavy atom. The lowest BCUT2D eigenvalue weighted by atomic mass is 9.97. The molecule has 5 heteroatoms. The van der Waals surface area contributed by atoms with Crippen molar-refractivity contribution >= 4 is 11.6 Å². The van der Waals surface area contributed by atoms with Gasteiger partial charge < -0.3 is 10.8 Å². The van der Waals surface area contributed by atoms with Crippen LogP contribution in [0.3, 0.4) is 0 Å². The normalized spacial score (nSPS) is 14.7. The van der Waals surface area contributed by atoms with Gasteiger partial charge in [0.2, 0.25) is 0 Å². The maximum atomic E-state index is 13.5. The minimum absolute atomic E-state index is 0.0287. The van der Waals surface area contributed by atoms with Gasteiger partial charge in [-0.05, 0) is 18.6 Å². The fourth-order valence-electron chi connectivity index (χ4n) is 1.66. The van der Waals surface area contributed by atoms with Crippen LogP contribution in [0.2, 0.25) is 5.02 Å². The molecule has 0 aliphatic rings. The van der Waals surface area contributed by atoms with Crippen LogP contribution in [-0.2, 0) is 0 Å². The average molecular weight is 264 g/mol. The van der Waals surface area contributed by atoms with E-state index in [1.807, 2.05) is 6.92 Å². The quantitative estimate of drug-likeness (QED) is 0.857. The van der Waals surface area contributed by atoms with Crippen molar-refractivity contribution in [3.05, 3.63) is 34.4 Å². The van der Waals surface area contributed by atoms with Crippen LogP contribution < -0.4 is 5.73 Å². The molecular formula is C12H16ClF2NO. The van der Waals surface area contributed by atoms with Gasteiger partial charge in [-0.1, -0.05) is 31.4 Å². The molecule has 0 unspecified atom stereocenters. The first kappa shape index (κ1) is 14.4. The molecule has 0 aliphatic heterocycles. The first-order chi connectivity index (χ1) is 7.97. The van der Waals surface area contributed by atoms with Crippen LogP contribution in [0.1, 0.15) is 37.8 Å². The number of hydrogen-bond donors (Lipinski definition) is 2.